The van der Waals surface area contributed by atoms with Gasteiger partial charge in [0, 0.05) is 5.69 Å². The van der Waals surface area contributed by atoms with E-state index in [0.717, 1.165) is 28.0 Å². The number of rotatable bonds is 7. The van der Waals surface area contributed by atoms with Crippen LogP contribution in [0.4, 0.5) is 5.69 Å². The fourth-order valence-electron chi connectivity index (χ4n) is 3.46. The summed E-state index contributed by atoms with van der Waals surface area (Å²) in [5.74, 6) is 2.00. The molecule has 0 fully saturated rings. The van der Waals surface area contributed by atoms with Gasteiger partial charge in [0.1, 0.15) is 23.9 Å². The zero-order valence-corrected chi connectivity index (χ0v) is 19.1. The molecule has 1 amide bonds. The standard InChI is InChI=1S/C26H31NO4/c1-15(2)20-9-7-17(5)11-25(20)30-14-19-8-10-24(31-19)26(29)27-22-13-21(16(3)4)23(28)12-18(22)6/h7-13,15-16,28H,14H2,1-6H3,(H,27,29). The number of benzene rings is 2. The number of hydrogen-bond donors (Lipinski definition) is 2. The molecule has 31 heavy (non-hydrogen) atoms. The molecule has 2 N–H and O–H groups in total. The van der Waals surface area contributed by atoms with Gasteiger partial charge in [-0.2, -0.15) is 0 Å². The first-order chi connectivity index (χ1) is 14.7. The number of phenols is 1. The molecule has 3 aromatic rings. The van der Waals surface area contributed by atoms with E-state index in [1.807, 2.05) is 39.8 Å². The van der Waals surface area contributed by atoms with Crippen molar-refractivity contribution in [2.24, 2.45) is 0 Å². The van der Waals surface area contributed by atoms with Gasteiger partial charge in [0.05, 0.1) is 0 Å². The van der Waals surface area contributed by atoms with E-state index >= 15 is 0 Å². The van der Waals surface area contributed by atoms with Crippen molar-refractivity contribution in [1.29, 1.82) is 0 Å². The van der Waals surface area contributed by atoms with Crippen LogP contribution in [0.25, 0.3) is 0 Å². The van der Waals surface area contributed by atoms with Crippen LogP contribution < -0.4 is 10.1 Å². The summed E-state index contributed by atoms with van der Waals surface area (Å²) in [4.78, 5) is 12.7. The summed E-state index contributed by atoms with van der Waals surface area (Å²) in [5.41, 5.74) is 4.49. The van der Waals surface area contributed by atoms with E-state index in [1.165, 1.54) is 0 Å². The zero-order chi connectivity index (χ0) is 22.7. The van der Waals surface area contributed by atoms with Gasteiger partial charge in [0.2, 0.25) is 0 Å². The Hall–Kier alpha value is -3.21. The van der Waals surface area contributed by atoms with Crippen LogP contribution in [0.1, 0.15) is 78.1 Å². The minimum absolute atomic E-state index is 0.140. The first kappa shape index (κ1) is 22.5. The molecular formula is C26H31NO4. The molecule has 0 saturated heterocycles. The van der Waals surface area contributed by atoms with Gasteiger partial charge in [-0.1, -0.05) is 39.8 Å². The summed E-state index contributed by atoms with van der Waals surface area (Å²) < 4.78 is 11.7. The van der Waals surface area contributed by atoms with Gasteiger partial charge in [-0.25, -0.2) is 0 Å². The molecule has 0 saturated carbocycles. The zero-order valence-electron chi connectivity index (χ0n) is 19.1. The Morgan fingerprint density at radius 3 is 2.39 bits per heavy atom. The first-order valence-corrected chi connectivity index (χ1v) is 10.6. The van der Waals surface area contributed by atoms with Crippen LogP contribution in [-0.2, 0) is 6.61 Å². The number of anilines is 1. The van der Waals surface area contributed by atoms with Crippen molar-refractivity contribution in [2.75, 3.05) is 5.32 Å². The largest absolute Gasteiger partial charge is 0.508 e. The maximum atomic E-state index is 12.7. The molecule has 0 radical (unpaired) electrons. The lowest BCUT2D eigenvalue weighted by atomic mass is 9.99. The highest BCUT2D eigenvalue weighted by Gasteiger charge is 2.16. The second-order valence-electron chi connectivity index (χ2n) is 8.59. The van der Waals surface area contributed by atoms with E-state index in [2.05, 4.69) is 31.3 Å². The van der Waals surface area contributed by atoms with E-state index in [1.54, 1.807) is 18.2 Å². The normalized spacial score (nSPS) is 11.2. The van der Waals surface area contributed by atoms with Crippen molar-refractivity contribution in [3.63, 3.8) is 0 Å². The van der Waals surface area contributed by atoms with Gasteiger partial charge in [0.15, 0.2) is 5.76 Å². The molecule has 3 rings (SSSR count). The van der Waals surface area contributed by atoms with Crippen LogP contribution in [0, 0.1) is 13.8 Å². The van der Waals surface area contributed by atoms with Crippen LogP contribution in [0.2, 0.25) is 0 Å². The summed E-state index contributed by atoms with van der Waals surface area (Å²) in [5, 5.41) is 13.0. The van der Waals surface area contributed by atoms with Crippen LogP contribution >= 0.6 is 0 Å². The third-order valence-corrected chi connectivity index (χ3v) is 5.29. The van der Waals surface area contributed by atoms with Crippen LogP contribution in [0.3, 0.4) is 0 Å². The molecule has 5 heteroatoms. The average molecular weight is 422 g/mol. The van der Waals surface area contributed by atoms with E-state index in [0.29, 0.717) is 17.4 Å². The number of aromatic hydroxyl groups is 1. The van der Waals surface area contributed by atoms with Gasteiger partial charge in [-0.3, -0.25) is 4.79 Å². The van der Waals surface area contributed by atoms with Crippen molar-refractivity contribution in [3.8, 4) is 11.5 Å². The fourth-order valence-corrected chi connectivity index (χ4v) is 3.46. The Balaban J connectivity index is 1.71. The Bertz CT molecular complexity index is 1080. The Morgan fingerprint density at radius 2 is 1.71 bits per heavy atom. The molecule has 1 aromatic heterocycles. The molecule has 164 valence electrons. The maximum Gasteiger partial charge on any atom is 0.291 e. The third-order valence-electron chi connectivity index (χ3n) is 5.29. The maximum absolute atomic E-state index is 12.7. The molecule has 0 aliphatic heterocycles. The topological polar surface area (TPSA) is 71.7 Å². The van der Waals surface area contributed by atoms with Crippen molar-refractivity contribution >= 4 is 11.6 Å². The highest BCUT2D eigenvalue weighted by atomic mass is 16.5. The van der Waals surface area contributed by atoms with Gasteiger partial charge in [-0.15, -0.1) is 0 Å². The van der Waals surface area contributed by atoms with Gasteiger partial charge in [0.25, 0.3) is 5.91 Å². The van der Waals surface area contributed by atoms with E-state index in [4.69, 9.17) is 9.15 Å². The van der Waals surface area contributed by atoms with Crippen LogP contribution in [-0.4, -0.2) is 11.0 Å². The average Bonchev–Trinajstić information content (AvgIpc) is 3.17. The highest BCUT2D eigenvalue weighted by molar-refractivity contribution is 6.02. The molecule has 0 spiro atoms. The number of nitrogens with one attached hydrogen (secondary N) is 1. The second kappa shape index (κ2) is 9.29. The number of carbonyl (C=O) groups excluding carboxylic acids is 1. The second-order valence-corrected chi connectivity index (χ2v) is 8.59. The van der Waals surface area contributed by atoms with Gasteiger partial charge < -0.3 is 19.6 Å². The summed E-state index contributed by atoms with van der Waals surface area (Å²) in [6.45, 7) is 12.4. The minimum Gasteiger partial charge on any atom is -0.508 e. The molecule has 0 bridgehead atoms. The third kappa shape index (κ3) is 5.29. The lowest BCUT2D eigenvalue weighted by molar-refractivity contribution is 0.0992. The van der Waals surface area contributed by atoms with E-state index in [9.17, 15) is 9.90 Å². The first-order valence-electron chi connectivity index (χ1n) is 10.6. The van der Waals surface area contributed by atoms with Crippen LogP contribution in [0.15, 0.2) is 46.9 Å². The Morgan fingerprint density at radius 1 is 1.00 bits per heavy atom. The molecule has 1 heterocycles. The lowest BCUT2D eigenvalue weighted by Gasteiger charge is -2.14. The molecule has 0 atom stereocenters. The molecule has 5 nitrogen and oxygen atoms in total. The minimum atomic E-state index is -0.340. The van der Waals surface area contributed by atoms with Gasteiger partial charge in [-0.05, 0) is 78.3 Å². The number of phenolic OH excluding ortho intramolecular Hbond substituents is 1. The molecule has 2 aromatic carbocycles. The lowest BCUT2D eigenvalue weighted by Crippen LogP contribution is -2.12. The molecular weight excluding hydrogens is 390 g/mol. The molecule has 0 unspecified atom stereocenters. The summed E-state index contributed by atoms with van der Waals surface area (Å²) in [6, 6.07) is 13.1. The number of ether oxygens (including phenoxy) is 1. The molecule has 0 aliphatic rings. The van der Waals surface area contributed by atoms with Crippen molar-refractivity contribution in [1.82, 2.24) is 0 Å². The monoisotopic (exact) mass is 421 g/mol. The predicted molar refractivity (Wildman–Crippen MR) is 123 cm³/mol. The SMILES string of the molecule is Cc1ccc(C(C)C)c(OCc2ccc(C(=O)Nc3cc(C(C)C)c(O)cc3C)o2)c1. The molecule has 0 aliphatic carbocycles. The van der Waals surface area contributed by atoms with Crippen molar-refractivity contribution in [3.05, 3.63) is 76.2 Å². The highest BCUT2D eigenvalue weighted by Crippen LogP contribution is 2.32. The predicted octanol–water partition coefficient (Wildman–Crippen LogP) is 6.68. The number of furan rings is 1. The van der Waals surface area contributed by atoms with E-state index in [-0.39, 0.29) is 29.9 Å². The summed E-state index contributed by atoms with van der Waals surface area (Å²) in [6.07, 6.45) is 0. The number of amides is 1. The van der Waals surface area contributed by atoms with E-state index < -0.39 is 0 Å². The smallest absolute Gasteiger partial charge is 0.291 e. The number of hydrogen-bond acceptors (Lipinski definition) is 4. The number of carbonyl (C=O) groups is 1. The quantitative estimate of drug-likeness (QED) is 0.417. The van der Waals surface area contributed by atoms with Crippen molar-refractivity contribution in [2.45, 2.75) is 60.0 Å². The van der Waals surface area contributed by atoms with Crippen molar-refractivity contribution < 1.29 is 19.1 Å². The van der Waals surface area contributed by atoms with Crippen LogP contribution in [0.5, 0.6) is 11.5 Å². The fraction of sp³-hybridized carbons (Fsp3) is 0.346. The van der Waals surface area contributed by atoms with Gasteiger partial charge >= 0.3 is 0 Å². The summed E-state index contributed by atoms with van der Waals surface area (Å²) >= 11 is 0. The number of aryl methyl sites for hydroxylation is 2. The Labute approximate surface area is 184 Å². The summed E-state index contributed by atoms with van der Waals surface area (Å²) in [7, 11) is 0. The Kier molecular flexibility index (Phi) is 6.74.